The molecule has 4 aromatic carbocycles. The molecule has 0 spiro atoms. The summed E-state index contributed by atoms with van der Waals surface area (Å²) < 4.78 is 54.0. The van der Waals surface area contributed by atoms with Crippen molar-refractivity contribution >= 4 is 188 Å². The molecule has 5 unspecified atom stereocenters. The number of alkyl carbamates (subject to hydrolysis) is 2. The molecule has 0 radical (unpaired) electrons. The van der Waals surface area contributed by atoms with Gasteiger partial charge in [-0.15, -0.1) is 6.58 Å². The van der Waals surface area contributed by atoms with E-state index in [1.807, 2.05) is 181 Å². The minimum Gasteiger partial charge on any atom is -0.464 e. The number of halogens is 8. The van der Waals surface area contributed by atoms with Gasteiger partial charge in [-0.05, 0) is 158 Å². The van der Waals surface area contributed by atoms with Gasteiger partial charge in [-0.1, -0.05) is 294 Å². The number of allylic oxidation sites excluding steroid dienone is 1. The second kappa shape index (κ2) is 73.1. The standard InChI is InChI=1S/C18H26BrNO4.C15H20BrNO4.C13H14BrNO2.C13H18BrNO2.C12H21Br2NO5.2C10H18BrNO2/c1-5-11-20(17(22)24-18(2,3)4)12-13-23-16(21)15(19)14-9-7-6-8-10-14;1-15(2,3)21-14(19)17-9-10-20-13(18)12(16)11-7-5-4-6-8-11;1-3-15-9-10-17-12(16)13(2,14)11-7-5-4-6-8-11;1-2-8-15-9-10-17-13(16)12(14)11-6-4-3-5-7-11;1-11(2,3)20-10(17)15-5-6-18-7-8-19-9(16)12(4,13)14;1-4-5-6-12-7-8-14-9(13)10(2,3)11;1-3-5-6-12-7-8-14-10(13)9(11)4-2/h6-10,15H,5,11-13H2,1-4H3;4-8,12H,9-10H2,1-3H3,(H,17,19);1,4-8,15H,9-10H2,2H3;3-7,12,15H,2,8-10H2,1H3;5-8H2,1-4H3,(H,15,17);4-5,12H,6-8H2,1-3H3;3,9,12H,1,4-8H2,2H3/b;;;;;5-4+;. The first kappa shape index (κ1) is 125. The number of carbonyl (C=O) groups is 10. The van der Waals surface area contributed by atoms with Gasteiger partial charge in [0, 0.05) is 45.3 Å². The number of esters is 7. The molecule has 5 atom stereocenters. The second-order valence-electron chi connectivity index (χ2n) is 30.4. The molecule has 4 rings (SSSR count). The number of rotatable bonds is 45. The van der Waals surface area contributed by atoms with Crippen molar-refractivity contribution in [3.8, 4) is 12.5 Å². The summed E-state index contributed by atoms with van der Waals surface area (Å²) in [6.45, 7) is 43.7. The molecule has 28 nitrogen and oxygen atoms in total. The topological polar surface area (TPSA) is 348 Å². The predicted molar refractivity (Wildman–Crippen MR) is 529 cm³/mol. The van der Waals surface area contributed by atoms with Crippen molar-refractivity contribution in [1.29, 1.82) is 0 Å². The van der Waals surface area contributed by atoms with Crippen LogP contribution in [0.4, 0.5) is 14.4 Å². The van der Waals surface area contributed by atoms with Gasteiger partial charge in [0.2, 0.25) is 0 Å². The lowest BCUT2D eigenvalue weighted by Crippen LogP contribution is -2.39. The lowest BCUT2D eigenvalue weighted by Gasteiger charge is -2.27. The number of nitrogens with zero attached hydrogens (tertiary/aromatic N) is 1. The van der Waals surface area contributed by atoms with Gasteiger partial charge in [0.25, 0.3) is 0 Å². The third kappa shape index (κ3) is 70.0. The highest BCUT2D eigenvalue weighted by Gasteiger charge is 2.34. The summed E-state index contributed by atoms with van der Waals surface area (Å²) in [7, 11) is 0. The quantitative estimate of drug-likeness (QED) is 0.00455. The molecule has 36 heteroatoms. The van der Waals surface area contributed by atoms with Gasteiger partial charge in [-0.25, -0.2) is 19.2 Å². The molecule has 4 aromatic rings. The van der Waals surface area contributed by atoms with Crippen LogP contribution >= 0.6 is 127 Å². The molecule has 0 aliphatic rings. The first-order valence-electron chi connectivity index (χ1n) is 41.3. The maximum absolute atomic E-state index is 12.1. The van der Waals surface area contributed by atoms with Crippen LogP contribution in [0.1, 0.15) is 180 Å². The molecule has 716 valence electrons. The number of hydrogen-bond donors (Lipinski definition) is 6. The van der Waals surface area contributed by atoms with Crippen LogP contribution in [0.5, 0.6) is 0 Å². The van der Waals surface area contributed by atoms with Gasteiger partial charge in [-0.3, -0.25) is 28.8 Å². The highest BCUT2D eigenvalue weighted by Crippen LogP contribution is 2.33. The lowest BCUT2D eigenvalue weighted by molar-refractivity contribution is -0.146. The van der Waals surface area contributed by atoms with Crippen LogP contribution in [-0.4, -0.2) is 226 Å². The van der Waals surface area contributed by atoms with E-state index in [4.69, 9.17) is 58.5 Å². The predicted octanol–water partition coefficient (Wildman–Crippen LogP) is 18.5. The van der Waals surface area contributed by atoms with Crippen LogP contribution in [0.15, 0.2) is 146 Å². The molecule has 0 saturated heterocycles. The zero-order valence-corrected chi connectivity index (χ0v) is 89.1. The zero-order valence-electron chi connectivity index (χ0n) is 76.4. The van der Waals surface area contributed by atoms with Crippen LogP contribution in [0, 0.1) is 12.5 Å². The fraction of sp³-hybridized carbons (Fsp3) is 0.560. The van der Waals surface area contributed by atoms with Gasteiger partial charge in [0.05, 0.1) is 32.8 Å². The van der Waals surface area contributed by atoms with Crippen molar-refractivity contribution in [2.45, 2.75) is 191 Å². The molecule has 0 fully saturated rings. The molecule has 0 bridgehead atoms. The number of carbonyl (C=O) groups excluding carboxylic acids is 10. The fourth-order valence-electron chi connectivity index (χ4n) is 8.52. The minimum absolute atomic E-state index is 0.0903. The highest BCUT2D eigenvalue weighted by atomic mass is 79.9. The number of benzene rings is 4. The van der Waals surface area contributed by atoms with E-state index in [1.54, 1.807) is 74.1 Å². The molecule has 127 heavy (non-hydrogen) atoms. The van der Waals surface area contributed by atoms with Crippen molar-refractivity contribution in [3.05, 3.63) is 168 Å². The monoisotopic (exact) mass is 2290 g/mol. The first-order valence-corrected chi connectivity index (χ1v) is 48.2. The van der Waals surface area contributed by atoms with Crippen molar-refractivity contribution in [3.63, 3.8) is 0 Å². The summed E-state index contributed by atoms with van der Waals surface area (Å²) in [4.78, 5) is 116. The fourth-order valence-corrected chi connectivity index (χ4v) is 10.7. The average molecular weight is 2300 g/mol. The summed E-state index contributed by atoms with van der Waals surface area (Å²) in [6, 6.07) is 39.7. The minimum atomic E-state index is -0.877. The van der Waals surface area contributed by atoms with Gasteiger partial charge in [-0.2, -0.15) is 0 Å². The Labute approximate surface area is 821 Å². The summed E-state index contributed by atoms with van der Waals surface area (Å²) in [5.74, 6) is -2.18. The Morgan fingerprint density at radius 3 is 1.24 bits per heavy atom. The number of amides is 3. The highest BCUT2D eigenvalue weighted by molar-refractivity contribution is 9.25. The zero-order chi connectivity index (χ0) is 96.9. The molecular formula is C91H135Br8N7O21. The Morgan fingerprint density at radius 1 is 0.441 bits per heavy atom. The summed E-state index contributed by atoms with van der Waals surface area (Å²) in [6.07, 6.45) is 13.0. The van der Waals surface area contributed by atoms with Crippen LogP contribution < -0.4 is 31.9 Å². The van der Waals surface area contributed by atoms with E-state index in [-0.39, 0.29) is 85.2 Å². The smallest absolute Gasteiger partial charge is 0.410 e. The Hall–Kier alpha value is -6.50. The van der Waals surface area contributed by atoms with Crippen LogP contribution in [-0.2, 0) is 90.0 Å². The van der Waals surface area contributed by atoms with Gasteiger partial charge >= 0.3 is 60.1 Å². The number of hydrogen-bond acceptors (Lipinski definition) is 25. The maximum atomic E-state index is 12.1. The van der Waals surface area contributed by atoms with E-state index in [2.05, 4.69) is 179 Å². The number of terminal acetylenes is 1. The van der Waals surface area contributed by atoms with Crippen molar-refractivity contribution < 1.29 is 100 Å². The molecule has 6 N–H and O–H groups in total. The third-order valence-electron chi connectivity index (χ3n) is 14.8. The number of alkyl halides is 8. The Balaban J connectivity index is -0.00000142. The Bertz CT molecular complexity index is 3750. The van der Waals surface area contributed by atoms with Gasteiger partial charge < -0.3 is 88.9 Å². The number of ether oxygens (including phenoxy) is 11. The summed E-state index contributed by atoms with van der Waals surface area (Å²) >= 11 is 26.0. The summed E-state index contributed by atoms with van der Waals surface area (Å²) in [5.41, 5.74) is 1.82. The Kier molecular flexibility index (Phi) is 71.8. The van der Waals surface area contributed by atoms with Crippen LogP contribution in [0.25, 0.3) is 0 Å². The van der Waals surface area contributed by atoms with E-state index < -0.39 is 62.5 Å². The maximum Gasteiger partial charge on any atom is 0.410 e. The first-order chi connectivity index (χ1) is 59.6. The van der Waals surface area contributed by atoms with E-state index in [0.717, 1.165) is 67.6 Å². The molecular weight excluding hydrogens is 2170 g/mol. The summed E-state index contributed by atoms with van der Waals surface area (Å²) in [5, 5.41) is 17.1. The molecule has 3 amide bonds. The normalized spacial score (nSPS) is 12.3. The van der Waals surface area contributed by atoms with E-state index in [1.165, 1.54) is 0 Å². The van der Waals surface area contributed by atoms with Crippen molar-refractivity contribution in [1.82, 2.24) is 36.8 Å². The SMILES string of the molecule is C#CNCCOC(=O)C(C)(Br)c1ccccc1.C/C=C/CNCCOC(=O)C(C)(C)Br.C=CCCNCCOC(=O)C(Br)CC.CC(C)(C)OC(=O)NCCOC(=O)C(Br)c1ccccc1.CC(C)(C)OC(=O)NCCOCCOC(=O)C(C)(Br)Br.CCCN(CCOC(=O)C(Br)c1ccccc1)C(=O)OC(C)(C)C.CCCNCCOC(=O)C(Br)c1ccccc1. The average Bonchev–Trinajstić information content (AvgIpc) is 0.827. The second-order valence-corrected chi connectivity index (χ2v) is 42.0. The third-order valence-corrected chi connectivity index (χ3v) is 20.2. The van der Waals surface area contributed by atoms with Gasteiger partial charge in [0.1, 0.15) is 91.0 Å². The number of nitrogens with one attached hydrogen (secondary N) is 6. The van der Waals surface area contributed by atoms with Crippen molar-refractivity contribution in [2.24, 2.45) is 0 Å². The Morgan fingerprint density at radius 2 is 0.835 bits per heavy atom. The molecule has 0 saturated carbocycles. The molecule has 0 aliphatic carbocycles. The van der Waals surface area contributed by atoms with Crippen LogP contribution in [0.3, 0.4) is 0 Å². The lowest BCUT2D eigenvalue weighted by atomic mass is 10.0. The van der Waals surface area contributed by atoms with E-state index in [9.17, 15) is 47.9 Å². The molecule has 0 aliphatic heterocycles. The largest absolute Gasteiger partial charge is 0.464 e. The van der Waals surface area contributed by atoms with Crippen LogP contribution in [0.2, 0.25) is 0 Å². The van der Waals surface area contributed by atoms with E-state index >= 15 is 0 Å². The molecule has 0 heterocycles. The van der Waals surface area contributed by atoms with Crippen molar-refractivity contribution in [2.75, 3.05) is 131 Å². The molecule has 0 aromatic heterocycles. The van der Waals surface area contributed by atoms with E-state index in [0.29, 0.717) is 72.2 Å². The van der Waals surface area contributed by atoms with Gasteiger partial charge in [0.15, 0.2) is 3.23 Å².